The largest absolute Gasteiger partial charge is 0.208 e. The molecule has 4 heteroatoms. The van der Waals surface area contributed by atoms with E-state index in [1.54, 1.807) is 0 Å². The molecule has 9 rings (SSSR count). The van der Waals surface area contributed by atoms with Gasteiger partial charge < -0.3 is 0 Å². The molecule has 0 saturated heterocycles. The minimum atomic E-state index is 0.655. The molecule has 9 aromatic rings. The summed E-state index contributed by atoms with van der Waals surface area (Å²) >= 11 is 1.86. The van der Waals surface area contributed by atoms with Crippen molar-refractivity contribution in [3.63, 3.8) is 0 Å². The Morgan fingerprint density at radius 3 is 1.69 bits per heavy atom. The van der Waals surface area contributed by atoms with Crippen LogP contribution in [0.4, 0.5) is 0 Å². The predicted octanol–water partition coefficient (Wildman–Crippen LogP) is 11.2. The lowest BCUT2D eigenvalue weighted by Gasteiger charge is -2.13. The van der Waals surface area contributed by atoms with Gasteiger partial charge in [-0.05, 0) is 39.4 Å². The molecule has 3 nitrogen and oxygen atoms in total. The Balaban J connectivity index is 1.33. The van der Waals surface area contributed by atoms with Crippen LogP contribution in [0.3, 0.4) is 0 Å². The van der Waals surface area contributed by atoms with E-state index in [0.717, 1.165) is 27.6 Å². The van der Waals surface area contributed by atoms with Crippen LogP contribution >= 0.6 is 11.3 Å². The maximum atomic E-state index is 5.18. The van der Waals surface area contributed by atoms with Crippen LogP contribution in [0.25, 0.3) is 87.0 Å². The van der Waals surface area contributed by atoms with Gasteiger partial charge in [-0.3, -0.25) is 0 Å². The van der Waals surface area contributed by atoms with Crippen molar-refractivity contribution < 1.29 is 0 Å². The van der Waals surface area contributed by atoms with Crippen LogP contribution in [0.15, 0.2) is 152 Å². The highest BCUT2D eigenvalue weighted by atomic mass is 32.1. The lowest BCUT2D eigenvalue weighted by molar-refractivity contribution is 1.08. The first-order valence-electron chi connectivity index (χ1n) is 15.0. The second-order valence-electron chi connectivity index (χ2n) is 11.2. The van der Waals surface area contributed by atoms with Gasteiger partial charge in [0.25, 0.3) is 0 Å². The molecule has 0 unspecified atom stereocenters. The first-order chi connectivity index (χ1) is 22.3. The monoisotopic (exact) mass is 591 g/mol. The summed E-state index contributed by atoms with van der Waals surface area (Å²) in [6.07, 6.45) is 0. The van der Waals surface area contributed by atoms with E-state index >= 15 is 0 Å². The Labute approximate surface area is 264 Å². The maximum Gasteiger partial charge on any atom is 0.164 e. The summed E-state index contributed by atoms with van der Waals surface area (Å²) in [5.74, 6) is 1.98. The van der Waals surface area contributed by atoms with Crippen molar-refractivity contribution in [3.8, 4) is 45.3 Å². The summed E-state index contributed by atoms with van der Waals surface area (Å²) in [5.41, 5.74) is 5.26. The van der Waals surface area contributed by atoms with Crippen molar-refractivity contribution in [1.82, 2.24) is 15.0 Å². The highest BCUT2D eigenvalue weighted by molar-refractivity contribution is 7.26. The van der Waals surface area contributed by atoms with Crippen LogP contribution in [0.1, 0.15) is 0 Å². The third-order valence-electron chi connectivity index (χ3n) is 8.53. The third kappa shape index (κ3) is 4.38. The van der Waals surface area contributed by atoms with E-state index in [1.807, 2.05) is 35.6 Å². The van der Waals surface area contributed by atoms with Crippen molar-refractivity contribution in [2.24, 2.45) is 0 Å². The lowest BCUT2D eigenvalue weighted by atomic mass is 9.95. The molecule has 0 aliphatic heterocycles. The zero-order valence-corrected chi connectivity index (χ0v) is 25.0. The van der Waals surface area contributed by atoms with Gasteiger partial charge in [0.2, 0.25) is 0 Å². The van der Waals surface area contributed by atoms with E-state index < -0.39 is 0 Å². The molecule has 210 valence electrons. The molecule has 2 heterocycles. The molecule has 0 amide bonds. The lowest BCUT2D eigenvalue weighted by Crippen LogP contribution is -2.00. The molecular formula is C41H25N3S. The molecule has 0 aliphatic carbocycles. The van der Waals surface area contributed by atoms with E-state index in [4.69, 9.17) is 15.0 Å². The van der Waals surface area contributed by atoms with Gasteiger partial charge in [-0.2, -0.15) is 0 Å². The summed E-state index contributed by atoms with van der Waals surface area (Å²) in [4.78, 5) is 15.3. The average molecular weight is 592 g/mol. The number of rotatable bonds is 4. The first-order valence-corrected chi connectivity index (χ1v) is 15.9. The smallest absolute Gasteiger partial charge is 0.164 e. The second kappa shape index (κ2) is 10.5. The predicted molar refractivity (Wildman–Crippen MR) is 189 cm³/mol. The van der Waals surface area contributed by atoms with Crippen molar-refractivity contribution in [1.29, 1.82) is 0 Å². The van der Waals surface area contributed by atoms with Crippen LogP contribution in [-0.2, 0) is 0 Å². The fourth-order valence-corrected chi connectivity index (χ4v) is 7.58. The number of thiophene rings is 1. The Bertz CT molecular complexity index is 2520. The molecule has 0 saturated carbocycles. The van der Waals surface area contributed by atoms with E-state index in [-0.39, 0.29) is 0 Å². The quantitative estimate of drug-likeness (QED) is 0.191. The third-order valence-corrected chi connectivity index (χ3v) is 9.73. The fourth-order valence-electron chi connectivity index (χ4n) is 6.33. The van der Waals surface area contributed by atoms with E-state index in [9.17, 15) is 0 Å². The number of hydrogen-bond acceptors (Lipinski definition) is 4. The Morgan fingerprint density at radius 2 is 0.933 bits per heavy atom. The molecule has 0 fully saturated rings. The van der Waals surface area contributed by atoms with Crippen LogP contribution in [0.2, 0.25) is 0 Å². The van der Waals surface area contributed by atoms with Gasteiger partial charge in [-0.15, -0.1) is 11.3 Å². The summed E-state index contributed by atoms with van der Waals surface area (Å²) in [6.45, 7) is 0. The standard InChI is InChI=1S/C41H25N3S/c1-3-11-26(12-4-1)27-19-21-30(22-20-27)40-42-39(29-14-5-2-6-15-29)43-41(44-40)35-25-34-32-17-9-10-18-36(32)45-38(34)37-31-16-8-7-13-28(31)23-24-33(35)37/h1-25H. The Hall–Kier alpha value is -5.71. The number of benzene rings is 7. The molecule has 0 spiro atoms. The highest BCUT2D eigenvalue weighted by Gasteiger charge is 2.19. The Morgan fingerprint density at radius 1 is 0.378 bits per heavy atom. The SMILES string of the molecule is c1ccc(-c2ccc(-c3nc(-c4ccccc4)nc(-c4cc5c6ccccc6sc5c5c4ccc4ccccc45)n3)cc2)cc1. The topological polar surface area (TPSA) is 38.7 Å². The fraction of sp³-hybridized carbons (Fsp3) is 0. The second-order valence-corrected chi connectivity index (χ2v) is 12.3. The first kappa shape index (κ1) is 25.8. The van der Waals surface area contributed by atoms with Crippen LogP contribution in [0, 0.1) is 0 Å². The summed E-state index contributed by atoms with van der Waals surface area (Å²) < 4.78 is 2.57. The zero-order chi connectivity index (χ0) is 29.7. The highest BCUT2D eigenvalue weighted by Crippen LogP contribution is 2.44. The minimum absolute atomic E-state index is 0.655. The van der Waals surface area contributed by atoms with E-state index in [2.05, 4.69) is 127 Å². The molecule has 45 heavy (non-hydrogen) atoms. The number of aromatic nitrogens is 3. The average Bonchev–Trinajstić information content (AvgIpc) is 3.50. The summed E-state index contributed by atoms with van der Waals surface area (Å²) in [7, 11) is 0. The van der Waals surface area contributed by atoms with Gasteiger partial charge in [-0.25, -0.2) is 15.0 Å². The number of hydrogen-bond donors (Lipinski definition) is 0. The maximum absolute atomic E-state index is 5.18. The number of nitrogens with zero attached hydrogens (tertiary/aromatic N) is 3. The molecular weight excluding hydrogens is 567 g/mol. The molecule has 0 N–H and O–H groups in total. The van der Waals surface area contributed by atoms with Crippen LogP contribution < -0.4 is 0 Å². The van der Waals surface area contributed by atoms with Crippen molar-refractivity contribution in [2.75, 3.05) is 0 Å². The van der Waals surface area contributed by atoms with Crippen molar-refractivity contribution >= 4 is 53.1 Å². The minimum Gasteiger partial charge on any atom is -0.208 e. The van der Waals surface area contributed by atoms with E-state index in [0.29, 0.717) is 17.5 Å². The van der Waals surface area contributed by atoms with Crippen molar-refractivity contribution in [3.05, 3.63) is 152 Å². The molecule has 7 aromatic carbocycles. The molecule has 0 radical (unpaired) electrons. The molecule has 0 bridgehead atoms. The molecule has 0 atom stereocenters. The van der Waals surface area contributed by atoms with E-state index in [1.165, 1.54) is 41.9 Å². The van der Waals surface area contributed by atoms with Crippen LogP contribution in [0.5, 0.6) is 0 Å². The van der Waals surface area contributed by atoms with Crippen LogP contribution in [-0.4, -0.2) is 15.0 Å². The van der Waals surface area contributed by atoms with Gasteiger partial charge in [0.05, 0.1) is 0 Å². The van der Waals surface area contributed by atoms with Gasteiger partial charge in [0.15, 0.2) is 17.5 Å². The summed E-state index contributed by atoms with van der Waals surface area (Å²) in [6, 6.07) is 53.2. The van der Waals surface area contributed by atoms with Gasteiger partial charge in [0, 0.05) is 42.2 Å². The zero-order valence-electron chi connectivity index (χ0n) is 24.2. The summed E-state index contributed by atoms with van der Waals surface area (Å²) in [5, 5.41) is 7.33. The Kier molecular flexibility index (Phi) is 6.00. The van der Waals surface area contributed by atoms with Crippen molar-refractivity contribution in [2.45, 2.75) is 0 Å². The van der Waals surface area contributed by atoms with Gasteiger partial charge >= 0.3 is 0 Å². The normalized spacial score (nSPS) is 11.6. The molecule has 0 aliphatic rings. The van der Waals surface area contributed by atoms with Gasteiger partial charge in [-0.1, -0.05) is 140 Å². The number of fused-ring (bicyclic) bond motifs is 7. The molecule has 2 aromatic heterocycles. The van der Waals surface area contributed by atoms with Gasteiger partial charge in [0.1, 0.15) is 0 Å².